The van der Waals surface area contributed by atoms with Crippen molar-refractivity contribution in [3.63, 3.8) is 0 Å². The van der Waals surface area contributed by atoms with E-state index in [-0.39, 0.29) is 24.5 Å². The molecule has 10 nitrogen and oxygen atoms in total. The SMILES string of the molecule is CSc1nc2nc(C)cc(OCC3CN(C(=O)/C=C/C(=O)NCc4ccccc4)CCO3)n2n1. The van der Waals surface area contributed by atoms with Crippen molar-refractivity contribution in [2.24, 2.45) is 0 Å². The number of carbonyl (C=O) groups is 2. The van der Waals surface area contributed by atoms with Crippen molar-refractivity contribution in [3.05, 3.63) is 59.8 Å². The normalized spacial score (nSPS) is 16.2. The van der Waals surface area contributed by atoms with Gasteiger partial charge in [-0.2, -0.15) is 9.50 Å². The van der Waals surface area contributed by atoms with Gasteiger partial charge >= 0.3 is 0 Å². The molecule has 3 heterocycles. The van der Waals surface area contributed by atoms with E-state index in [1.807, 2.05) is 43.5 Å². The molecule has 0 aliphatic carbocycles. The Hall–Kier alpha value is -3.44. The van der Waals surface area contributed by atoms with Crippen LogP contribution in [0.4, 0.5) is 0 Å². The Morgan fingerprint density at radius 2 is 2.09 bits per heavy atom. The summed E-state index contributed by atoms with van der Waals surface area (Å²) in [6, 6.07) is 11.4. The van der Waals surface area contributed by atoms with Crippen LogP contribution in [0.2, 0.25) is 0 Å². The number of nitrogens with one attached hydrogen (secondary N) is 1. The average molecular weight is 483 g/mol. The number of rotatable bonds is 8. The van der Waals surface area contributed by atoms with Crippen LogP contribution in [0.1, 0.15) is 11.3 Å². The highest BCUT2D eigenvalue weighted by Gasteiger charge is 2.24. The molecule has 0 saturated carbocycles. The van der Waals surface area contributed by atoms with E-state index in [9.17, 15) is 9.59 Å². The highest BCUT2D eigenvalue weighted by molar-refractivity contribution is 7.98. The molecule has 178 valence electrons. The molecule has 0 radical (unpaired) electrons. The number of benzene rings is 1. The van der Waals surface area contributed by atoms with Crippen molar-refractivity contribution in [2.75, 3.05) is 32.6 Å². The zero-order chi connectivity index (χ0) is 23.9. The first-order valence-corrected chi connectivity index (χ1v) is 12.1. The van der Waals surface area contributed by atoms with Crippen molar-refractivity contribution in [2.45, 2.75) is 24.7 Å². The fourth-order valence-corrected chi connectivity index (χ4v) is 3.76. The molecule has 4 rings (SSSR count). The van der Waals surface area contributed by atoms with E-state index in [0.29, 0.717) is 43.1 Å². The van der Waals surface area contributed by atoms with E-state index >= 15 is 0 Å². The summed E-state index contributed by atoms with van der Waals surface area (Å²) in [4.78, 5) is 35.0. The second-order valence-electron chi connectivity index (χ2n) is 7.67. The molecule has 3 aromatic rings. The van der Waals surface area contributed by atoms with Gasteiger partial charge in [0.2, 0.25) is 22.9 Å². The minimum atomic E-state index is -0.320. The number of ether oxygens (including phenoxy) is 2. The summed E-state index contributed by atoms with van der Waals surface area (Å²) in [5.41, 5.74) is 1.75. The Balaban J connectivity index is 1.29. The van der Waals surface area contributed by atoms with Crippen molar-refractivity contribution in [1.29, 1.82) is 0 Å². The molecule has 1 aliphatic heterocycles. The largest absolute Gasteiger partial charge is 0.475 e. The number of hydrogen-bond acceptors (Lipinski definition) is 8. The van der Waals surface area contributed by atoms with Crippen LogP contribution in [0.3, 0.4) is 0 Å². The standard InChI is InChI=1S/C23H26N6O4S/c1-16-12-21(29-22(25-16)26-23(27-29)34-2)33-15-18-14-28(10-11-32-18)20(31)9-8-19(30)24-13-17-6-4-3-5-7-17/h3-9,12,18H,10-11,13-15H2,1-2H3,(H,24,30)/b9-8+. The number of hydrogen-bond donors (Lipinski definition) is 1. The van der Waals surface area contributed by atoms with Gasteiger partial charge in [-0.05, 0) is 18.7 Å². The van der Waals surface area contributed by atoms with Crippen molar-refractivity contribution >= 4 is 29.4 Å². The number of aryl methyl sites for hydroxylation is 1. The number of thioether (sulfide) groups is 1. The first kappa shape index (κ1) is 23.7. The highest BCUT2D eigenvalue weighted by atomic mass is 32.2. The summed E-state index contributed by atoms with van der Waals surface area (Å²) in [6.45, 7) is 3.69. The first-order chi connectivity index (χ1) is 16.5. The average Bonchev–Trinajstić information content (AvgIpc) is 3.28. The van der Waals surface area contributed by atoms with E-state index in [2.05, 4.69) is 20.4 Å². The third-order valence-corrected chi connectivity index (χ3v) is 5.66. The van der Waals surface area contributed by atoms with Crippen LogP contribution < -0.4 is 10.1 Å². The molecule has 1 fully saturated rings. The van der Waals surface area contributed by atoms with Gasteiger partial charge in [-0.3, -0.25) is 9.59 Å². The van der Waals surface area contributed by atoms with E-state index in [1.165, 1.54) is 23.9 Å². The van der Waals surface area contributed by atoms with Gasteiger partial charge in [0.25, 0.3) is 5.78 Å². The zero-order valence-electron chi connectivity index (χ0n) is 19.0. The van der Waals surface area contributed by atoms with Crippen molar-refractivity contribution in [3.8, 4) is 5.88 Å². The van der Waals surface area contributed by atoms with Gasteiger partial charge in [-0.1, -0.05) is 42.1 Å². The molecular weight excluding hydrogens is 456 g/mol. The van der Waals surface area contributed by atoms with E-state index in [1.54, 1.807) is 15.5 Å². The molecule has 2 aromatic heterocycles. The lowest BCUT2D eigenvalue weighted by Crippen LogP contribution is -2.47. The first-order valence-electron chi connectivity index (χ1n) is 10.8. The van der Waals surface area contributed by atoms with Gasteiger partial charge in [-0.15, -0.1) is 5.10 Å². The van der Waals surface area contributed by atoms with Gasteiger partial charge in [0.15, 0.2) is 0 Å². The number of morpholine rings is 1. The van der Waals surface area contributed by atoms with Crippen LogP contribution in [0, 0.1) is 6.92 Å². The van der Waals surface area contributed by atoms with Gasteiger partial charge in [0.05, 0.1) is 13.2 Å². The van der Waals surface area contributed by atoms with Crippen molar-refractivity contribution < 1.29 is 19.1 Å². The lowest BCUT2D eigenvalue weighted by Gasteiger charge is -2.32. The second kappa shape index (κ2) is 11.1. The Kier molecular flexibility index (Phi) is 7.76. The molecular formula is C23H26N6O4S. The van der Waals surface area contributed by atoms with Crippen LogP contribution in [0.5, 0.6) is 5.88 Å². The van der Waals surface area contributed by atoms with E-state index < -0.39 is 0 Å². The zero-order valence-corrected chi connectivity index (χ0v) is 19.8. The van der Waals surface area contributed by atoms with Crippen LogP contribution in [-0.2, 0) is 20.9 Å². The van der Waals surface area contributed by atoms with Gasteiger partial charge in [0, 0.05) is 37.0 Å². The quantitative estimate of drug-likeness (QED) is 0.381. The Morgan fingerprint density at radius 1 is 1.26 bits per heavy atom. The lowest BCUT2D eigenvalue weighted by molar-refractivity contribution is -0.135. The molecule has 34 heavy (non-hydrogen) atoms. The Bertz CT molecular complexity index is 1180. The molecule has 0 bridgehead atoms. The molecule has 1 saturated heterocycles. The maximum Gasteiger partial charge on any atom is 0.256 e. The Morgan fingerprint density at radius 3 is 2.88 bits per heavy atom. The van der Waals surface area contributed by atoms with Crippen LogP contribution in [-0.4, -0.2) is 75.0 Å². The topological polar surface area (TPSA) is 111 Å². The smallest absolute Gasteiger partial charge is 0.256 e. The molecule has 1 aliphatic rings. The van der Waals surface area contributed by atoms with Crippen LogP contribution >= 0.6 is 11.8 Å². The summed E-state index contributed by atoms with van der Waals surface area (Å²) >= 11 is 1.42. The minimum Gasteiger partial charge on any atom is -0.475 e. The molecule has 0 spiro atoms. The monoisotopic (exact) mass is 482 g/mol. The lowest BCUT2D eigenvalue weighted by atomic mass is 10.2. The molecule has 1 atom stereocenters. The maximum atomic E-state index is 12.6. The predicted molar refractivity (Wildman–Crippen MR) is 127 cm³/mol. The number of nitrogens with zero attached hydrogens (tertiary/aromatic N) is 5. The number of carbonyl (C=O) groups excluding carboxylic acids is 2. The number of fused-ring (bicyclic) bond motifs is 1. The third kappa shape index (κ3) is 6.12. The maximum absolute atomic E-state index is 12.6. The van der Waals surface area contributed by atoms with E-state index in [0.717, 1.165) is 11.3 Å². The number of aromatic nitrogens is 4. The second-order valence-corrected chi connectivity index (χ2v) is 8.44. The molecule has 1 unspecified atom stereocenters. The fraction of sp³-hybridized carbons (Fsp3) is 0.348. The van der Waals surface area contributed by atoms with Gasteiger partial charge in [-0.25, -0.2) is 4.98 Å². The molecule has 11 heteroatoms. The van der Waals surface area contributed by atoms with Gasteiger partial charge < -0.3 is 19.7 Å². The Labute approximate surface area is 201 Å². The highest BCUT2D eigenvalue weighted by Crippen LogP contribution is 2.18. The summed E-state index contributed by atoms with van der Waals surface area (Å²) in [7, 11) is 0. The van der Waals surface area contributed by atoms with Crippen LogP contribution in [0.25, 0.3) is 5.78 Å². The summed E-state index contributed by atoms with van der Waals surface area (Å²) in [5.74, 6) is 0.416. The minimum absolute atomic E-state index is 0.234. The fourth-order valence-electron chi connectivity index (χ4n) is 3.42. The predicted octanol–water partition coefficient (Wildman–Crippen LogP) is 1.63. The molecule has 2 amide bonds. The van der Waals surface area contributed by atoms with Gasteiger partial charge in [0.1, 0.15) is 12.7 Å². The third-order valence-electron chi connectivity index (χ3n) is 5.13. The summed E-state index contributed by atoms with van der Waals surface area (Å²) in [6.07, 6.45) is 4.13. The van der Waals surface area contributed by atoms with E-state index in [4.69, 9.17) is 9.47 Å². The summed E-state index contributed by atoms with van der Waals surface area (Å²) in [5, 5.41) is 7.76. The van der Waals surface area contributed by atoms with Crippen LogP contribution in [0.15, 0.2) is 53.7 Å². The summed E-state index contributed by atoms with van der Waals surface area (Å²) < 4.78 is 13.3. The molecule has 1 aromatic carbocycles. The number of amides is 2. The van der Waals surface area contributed by atoms with Crippen molar-refractivity contribution in [1.82, 2.24) is 29.8 Å². The molecule has 1 N–H and O–H groups in total.